The molecule has 1 aromatic rings. The molecule has 3 atom stereocenters. The van der Waals surface area contributed by atoms with Crippen molar-refractivity contribution in [3.63, 3.8) is 0 Å². The number of nitrogens with zero attached hydrogens (tertiary/aromatic N) is 1. The first-order valence-electron chi connectivity index (χ1n) is 6.58. The van der Waals surface area contributed by atoms with E-state index in [4.69, 9.17) is 9.47 Å². The highest BCUT2D eigenvalue weighted by molar-refractivity contribution is 5.84. The van der Waals surface area contributed by atoms with Crippen molar-refractivity contribution in [3.8, 4) is 0 Å². The van der Waals surface area contributed by atoms with Crippen LogP contribution in [0.4, 0.5) is 0 Å². The number of rotatable bonds is 4. The molecule has 5 heteroatoms. The smallest absolute Gasteiger partial charge is 0.323 e. The Labute approximate surface area is 118 Å². The van der Waals surface area contributed by atoms with Crippen LogP contribution >= 0.6 is 0 Å². The van der Waals surface area contributed by atoms with Crippen LogP contribution in [0.5, 0.6) is 0 Å². The number of likely N-dealkylation sites (tertiary alicyclic amines) is 1. The summed E-state index contributed by atoms with van der Waals surface area (Å²) in [4.78, 5) is 25.4. The molecule has 1 aromatic carbocycles. The van der Waals surface area contributed by atoms with Crippen molar-refractivity contribution in [2.45, 2.75) is 31.5 Å². The largest absolute Gasteiger partial charge is 0.468 e. The van der Waals surface area contributed by atoms with Gasteiger partial charge in [0.25, 0.3) is 0 Å². The molecule has 0 bridgehead atoms. The van der Waals surface area contributed by atoms with Crippen molar-refractivity contribution < 1.29 is 19.1 Å². The Kier molecular flexibility index (Phi) is 4.39. The van der Waals surface area contributed by atoms with Gasteiger partial charge in [0.1, 0.15) is 12.1 Å². The molecule has 0 aliphatic carbocycles. The quantitative estimate of drug-likeness (QED) is 0.781. The van der Waals surface area contributed by atoms with Gasteiger partial charge in [0.2, 0.25) is 0 Å². The molecule has 20 heavy (non-hydrogen) atoms. The number of carbonyl (C=O) groups excluding carboxylic acids is 2. The number of carbonyl (C=O) groups is 2. The molecule has 0 aromatic heterocycles. The zero-order valence-electron chi connectivity index (χ0n) is 11.9. The fourth-order valence-electron chi connectivity index (χ4n) is 2.69. The predicted octanol–water partition coefficient (Wildman–Crippen LogP) is 1.54. The first-order chi connectivity index (χ1) is 9.60. The summed E-state index contributed by atoms with van der Waals surface area (Å²) < 4.78 is 9.60. The van der Waals surface area contributed by atoms with Gasteiger partial charge in [-0.25, -0.2) is 0 Å². The lowest BCUT2D eigenvalue weighted by molar-refractivity contribution is -0.171. The third-order valence-electron chi connectivity index (χ3n) is 3.84. The third kappa shape index (κ3) is 2.54. The minimum atomic E-state index is -0.390. The van der Waals surface area contributed by atoms with Crippen molar-refractivity contribution in [1.29, 1.82) is 0 Å². The second kappa shape index (κ2) is 6.05. The molecule has 0 saturated carbocycles. The third-order valence-corrected chi connectivity index (χ3v) is 3.84. The van der Waals surface area contributed by atoms with Crippen LogP contribution in [0.15, 0.2) is 30.3 Å². The number of methoxy groups -OCH3 is 2. The maximum absolute atomic E-state index is 11.8. The summed E-state index contributed by atoms with van der Waals surface area (Å²) in [6, 6.07) is 8.92. The topological polar surface area (TPSA) is 55.8 Å². The van der Waals surface area contributed by atoms with E-state index in [0.717, 1.165) is 5.56 Å². The Balaban J connectivity index is 2.22. The van der Waals surface area contributed by atoms with Crippen LogP contribution in [0.2, 0.25) is 0 Å². The Hall–Kier alpha value is -1.88. The normalized spacial score (nSPS) is 23.6. The minimum Gasteiger partial charge on any atom is -0.468 e. The Morgan fingerprint density at radius 3 is 2.05 bits per heavy atom. The van der Waals surface area contributed by atoms with Gasteiger partial charge in [-0.05, 0) is 18.9 Å². The maximum atomic E-state index is 11.8. The van der Waals surface area contributed by atoms with E-state index in [1.54, 1.807) is 0 Å². The second-order valence-corrected chi connectivity index (χ2v) is 4.85. The highest BCUT2D eigenvalue weighted by Crippen LogP contribution is 2.36. The highest BCUT2D eigenvalue weighted by atomic mass is 16.5. The lowest BCUT2D eigenvalue weighted by atomic mass is 9.88. The molecular formula is C15H19NO4. The van der Waals surface area contributed by atoms with Gasteiger partial charge in [0.15, 0.2) is 0 Å². The van der Waals surface area contributed by atoms with Crippen molar-refractivity contribution in [2.75, 3.05) is 14.2 Å². The number of benzene rings is 1. The summed E-state index contributed by atoms with van der Waals surface area (Å²) >= 11 is 0. The van der Waals surface area contributed by atoms with Crippen LogP contribution < -0.4 is 0 Å². The number of ether oxygens (including phenoxy) is 2. The number of hydrogen-bond donors (Lipinski definition) is 0. The predicted molar refractivity (Wildman–Crippen MR) is 72.9 cm³/mol. The van der Waals surface area contributed by atoms with Crippen LogP contribution in [0.25, 0.3) is 0 Å². The van der Waals surface area contributed by atoms with Gasteiger partial charge in [-0.2, -0.15) is 0 Å². The van der Waals surface area contributed by atoms with Crippen LogP contribution in [-0.2, 0) is 19.1 Å². The summed E-state index contributed by atoms with van der Waals surface area (Å²) in [5, 5.41) is 0. The molecule has 1 unspecified atom stereocenters. The van der Waals surface area contributed by atoms with E-state index in [1.807, 2.05) is 42.2 Å². The van der Waals surface area contributed by atoms with Gasteiger partial charge >= 0.3 is 11.9 Å². The van der Waals surface area contributed by atoms with E-state index in [1.165, 1.54) is 14.2 Å². The van der Waals surface area contributed by atoms with Gasteiger partial charge in [-0.15, -0.1) is 0 Å². The summed E-state index contributed by atoms with van der Waals surface area (Å²) in [7, 11) is 2.72. The first kappa shape index (κ1) is 14.5. The minimum absolute atomic E-state index is 0.0573. The fourth-order valence-corrected chi connectivity index (χ4v) is 2.69. The standard InChI is InChI=1S/C15H19NO4/c1-10(11-7-5-4-6-8-11)16-12(14(17)19-2)9-13(16)15(18)20-3/h4-8,10,12-13H,9H2,1-3H3/t10?,12-,13+. The lowest BCUT2D eigenvalue weighted by Crippen LogP contribution is -2.63. The van der Waals surface area contributed by atoms with Crippen molar-refractivity contribution in [2.24, 2.45) is 0 Å². The zero-order valence-corrected chi connectivity index (χ0v) is 11.9. The summed E-state index contributed by atoms with van der Waals surface area (Å²) in [5.41, 5.74) is 1.05. The van der Waals surface area contributed by atoms with Crippen LogP contribution in [0, 0.1) is 0 Å². The Bertz CT molecular complexity index is 466. The van der Waals surface area contributed by atoms with Crippen molar-refractivity contribution >= 4 is 11.9 Å². The summed E-state index contributed by atoms with van der Waals surface area (Å²) in [6.45, 7) is 1.97. The first-order valence-corrected chi connectivity index (χ1v) is 6.58. The van der Waals surface area contributed by atoms with E-state index in [0.29, 0.717) is 6.42 Å². The Morgan fingerprint density at radius 1 is 1.10 bits per heavy atom. The molecule has 1 heterocycles. The van der Waals surface area contributed by atoms with Gasteiger partial charge in [-0.1, -0.05) is 30.3 Å². The Morgan fingerprint density at radius 2 is 1.60 bits per heavy atom. The van der Waals surface area contributed by atoms with Crippen molar-refractivity contribution in [3.05, 3.63) is 35.9 Å². The molecule has 0 spiro atoms. The highest BCUT2D eigenvalue weighted by Gasteiger charge is 2.50. The van der Waals surface area contributed by atoms with Crippen molar-refractivity contribution in [1.82, 2.24) is 4.90 Å². The molecule has 1 fully saturated rings. The molecule has 5 nitrogen and oxygen atoms in total. The number of hydrogen-bond acceptors (Lipinski definition) is 5. The van der Waals surface area contributed by atoms with Crippen LogP contribution in [-0.4, -0.2) is 43.1 Å². The average Bonchev–Trinajstić information content (AvgIpc) is 2.46. The van der Waals surface area contributed by atoms with Crippen LogP contribution in [0.1, 0.15) is 24.9 Å². The maximum Gasteiger partial charge on any atom is 0.323 e. The van der Waals surface area contributed by atoms with Gasteiger partial charge in [0.05, 0.1) is 14.2 Å². The molecule has 0 amide bonds. The molecule has 1 aliphatic rings. The van der Waals surface area contributed by atoms with E-state index in [2.05, 4.69) is 0 Å². The molecule has 1 saturated heterocycles. The lowest BCUT2D eigenvalue weighted by Gasteiger charge is -2.48. The van der Waals surface area contributed by atoms with E-state index < -0.39 is 0 Å². The average molecular weight is 277 g/mol. The second-order valence-electron chi connectivity index (χ2n) is 4.85. The molecule has 2 rings (SSSR count). The molecular weight excluding hydrogens is 258 g/mol. The van der Waals surface area contributed by atoms with E-state index in [9.17, 15) is 9.59 Å². The molecule has 108 valence electrons. The fraction of sp³-hybridized carbons (Fsp3) is 0.467. The zero-order chi connectivity index (χ0) is 14.7. The molecule has 0 N–H and O–H groups in total. The number of esters is 2. The monoisotopic (exact) mass is 277 g/mol. The van der Waals surface area contributed by atoms with Gasteiger partial charge in [0, 0.05) is 6.04 Å². The summed E-state index contributed by atoms with van der Waals surface area (Å²) in [5.74, 6) is -0.624. The SMILES string of the molecule is COC(=O)[C@H]1C[C@@H](C(=O)OC)N1C(C)c1ccccc1. The summed E-state index contributed by atoms with van der Waals surface area (Å²) in [6.07, 6.45) is 0.441. The van der Waals surface area contributed by atoms with E-state index in [-0.39, 0.29) is 30.1 Å². The molecule has 1 aliphatic heterocycles. The van der Waals surface area contributed by atoms with Crippen LogP contribution in [0.3, 0.4) is 0 Å². The van der Waals surface area contributed by atoms with Gasteiger partial charge in [-0.3, -0.25) is 14.5 Å². The van der Waals surface area contributed by atoms with E-state index >= 15 is 0 Å². The molecule has 0 radical (unpaired) electrons. The van der Waals surface area contributed by atoms with Gasteiger partial charge < -0.3 is 9.47 Å².